The molecule has 6 nitrogen and oxygen atoms in total. The standard InChI is InChI=1S/C13H23N3O3S2/c1-16(2)21(18,19)11-4-5-13(12(14)10-11)15-6-9-20-8-3-7-17/h4-5,10,15,17H,3,6-9,14H2,1-2H3. The lowest BCUT2D eigenvalue weighted by molar-refractivity contribution is 0.296. The minimum absolute atomic E-state index is 0.188. The molecular formula is C13H23N3O3S2. The van der Waals surface area contributed by atoms with Gasteiger partial charge in [-0.1, -0.05) is 0 Å². The molecule has 1 rings (SSSR count). The highest BCUT2D eigenvalue weighted by Gasteiger charge is 2.17. The maximum atomic E-state index is 12.0. The van der Waals surface area contributed by atoms with Gasteiger partial charge in [-0.3, -0.25) is 0 Å². The van der Waals surface area contributed by atoms with Crippen molar-refractivity contribution >= 4 is 33.2 Å². The Morgan fingerprint density at radius 1 is 1.33 bits per heavy atom. The summed E-state index contributed by atoms with van der Waals surface area (Å²) in [5, 5.41) is 11.9. The molecule has 0 aromatic heterocycles. The highest BCUT2D eigenvalue weighted by atomic mass is 32.2. The summed E-state index contributed by atoms with van der Waals surface area (Å²) in [6.07, 6.45) is 0.796. The van der Waals surface area contributed by atoms with Crippen molar-refractivity contribution in [2.75, 3.05) is 49.8 Å². The topological polar surface area (TPSA) is 95.7 Å². The Hall–Kier alpha value is -0.960. The van der Waals surface area contributed by atoms with Gasteiger partial charge < -0.3 is 16.2 Å². The number of anilines is 2. The summed E-state index contributed by atoms with van der Waals surface area (Å²) >= 11 is 1.75. The van der Waals surface area contributed by atoms with Gasteiger partial charge in [-0.2, -0.15) is 11.8 Å². The van der Waals surface area contributed by atoms with Gasteiger partial charge in [-0.15, -0.1) is 0 Å². The zero-order chi connectivity index (χ0) is 15.9. The molecule has 1 aromatic carbocycles. The van der Waals surface area contributed by atoms with Crippen LogP contribution >= 0.6 is 11.8 Å². The van der Waals surface area contributed by atoms with Gasteiger partial charge in [-0.25, -0.2) is 12.7 Å². The van der Waals surface area contributed by atoms with Gasteiger partial charge in [0.1, 0.15) is 0 Å². The van der Waals surface area contributed by atoms with Crippen molar-refractivity contribution in [1.82, 2.24) is 4.31 Å². The number of hydrogen-bond donors (Lipinski definition) is 3. The van der Waals surface area contributed by atoms with Crippen LogP contribution in [0.2, 0.25) is 0 Å². The van der Waals surface area contributed by atoms with Gasteiger partial charge in [0, 0.05) is 33.0 Å². The first kappa shape index (κ1) is 18.1. The number of nitrogens with zero attached hydrogens (tertiary/aromatic N) is 1. The Morgan fingerprint density at radius 3 is 2.62 bits per heavy atom. The Kier molecular flexibility index (Phi) is 7.30. The zero-order valence-corrected chi connectivity index (χ0v) is 14.0. The molecular weight excluding hydrogens is 310 g/mol. The van der Waals surface area contributed by atoms with Crippen molar-refractivity contribution < 1.29 is 13.5 Å². The van der Waals surface area contributed by atoms with Gasteiger partial charge in [0.15, 0.2) is 0 Å². The van der Waals surface area contributed by atoms with Crippen molar-refractivity contribution in [3.63, 3.8) is 0 Å². The van der Waals surface area contributed by atoms with E-state index < -0.39 is 10.0 Å². The fraction of sp³-hybridized carbons (Fsp3) is 0.538. The van der Waals surface area contributed by atoms with E-state index in [1.807, 2.05) is 0 Å². The van der Waals surface area contributed by atoms with Crippen molar-refractivity contribution in [3.8, 4) is 0 Å². The second kappa shape index (κ2) is 8.47. The van der Waals surface area contributed by atoms with Crippen molar-refractivity contribution in [2.24, 2.45) is 0 Å². The molecule has 0 spiro atoms. The monoisotopic (exact) mass is 333 g/mol. The molecule has 0 bridgehead atoms. The maximum Gasteiger partial charge on any atom is 0.242 e. The molecule has 0 amide bonds. The van der Waals surface area contributed by atoms with Crippen LogP contribution in [0, 0.1) is 0 Å². The van der Waals surface area contributed by atoms with Crippen LogP contribution in [0.5, 0.6) is 0 Å². The summed E-state index contributed by atoms with van der Waals surface area (Å²) in [5.74, 6) is 1.82. The fourth-order valence-corrected chi connectivity index (χ4v) is 3.32. The number of sulfonamides is 1. The molecule has 0 aliphatic carbocycles. The van der Waals surface area contributed by atoms with Gasteiger partial charge in [0.05, 0.1) is 16.3 Å². The molecule has 21 heavy (non-hydrogen) atoms. The molecule has 0 aliphatic rings. The lowest BCUT2D eigenvalue weighted by Gasteiger charge is -2.14. The third kappa shape index (κ3) is 5.39. The van der Waals surface area contributed by atoms with Crippen LogP contribution in [-0.2, 0) is 10.0 Å². The average Bonchev–Trinajstić information content (AvgIpc) is 2.43. The summed E-state index contributed by atoms with van der Waals surface area (Å²) in [5.41, 5.74) is 7.04. The van der Waals surface area contributed by atoms with E-state index in [1.165, 1.54) is 20.2 Å². The number of aliphatic hydroxyl groups is 1. The van der Waals surface area contributed by atoms with Gasteiger partial charge >= 0.3 is 0 Å². The van der Waals surface area contributed by atoms with Gasteiger partial charge in [0.25, 0.3) is 0 Å². The summed E-state index contributed by atoms with van der Waals surface area (Å²) in [6.45, 7) is 0.954. The Labute approximate surface area is 130 Å². The Balaban J connectivity index is 2.59. The van der Waals surface area contributed by atoms with Crippen LogP contribution in [0.15, 0.2) is 23.1 Å². The van der Waals surface area contributed by atoms with E-state index in [2.05, 4.69) is 5.32 Å². The number of nitrogen functional groups attached to an aromatic ring is 1. The van der Waals surface area contributed by atoms with E-state index in [4.69, 9.17) is 10.8 Å². The highest BCUT2D eigenvalue weighted by Crippen LogP contribution is 2.23. The number of aliphatic hydroxyl groups excluding tert-OH is 1. The van der Waals surface area contributed by atoms with Crippen LogP contribution in [0.25, 0.3) is 0 Å². The molecule has 1 aromatic rings. The first-order chi connectivity index (χ1) is 9.89. The van der Waals surface area contributed by atoms with Crippen molar-refractivity contribution in [1.29, 1.82) is 0 Å². The number of nitrogens with one attached hydrogen (secondary N) is 1. The molecule has 0 unspecified atom stereocenters. The number of benzene rings is 1. The number of thioether (sulfide) groups is 1. The molecule has 8 heteroatoms. The average molecular weight is 333 g/mol. The number of nitrogens with two attached hydrogens (primary N) is 1. The quantitative estimate of drug-likeness (QED) is 0.462. The second-order valence-electron chi connectivity index (χ2n) is 4.65. The number of hydrogen-bond acceptors (Lipinski definition) is 6. The molecule has 0 radical (unpaired) electrons. The van der Waals surface area contributed by atoms with Crippen LogP contribution in [0.1, 0.15) is 6.42 Å². The van der Waals surface area contributed by atoms with E-state index in [9.17, 15) is 8.42 Å². The summed E-state index contributed by atoms with van der Waals surface area (Å²) in [6, 6.07) is 4.70. The normalized spacial score (nSPS) is 11.8. The smallest absolute Gasteiger partial charge is 0.242 e. The second-order valence-corrected chi connectivity index (χ2v) is 8.03. The van der Waals surface area contributed by atoms with E-state index >= 15 is 0 Å². The molecule has 120 valence electrons. The number of rotatable bonds is 9. The van der Waals surface area contributed by atoms with Crippen LogP contribution in [0.4, 0.5) is 11.4 Å². The lowest BCUT2D eigenvalue weighted by atomic mass is 10.2. The molecule has 0 atom stereocenters. The minimum Gasteiger partial charge on any atom is -0.397 e. The maximum absolute atomic E-state index is 12.0. The van der Waals surface area contributed by atoms with Gasteiger partial charge in [-0.05, 0) is 30.4 Å². The molecule has 0 saturated heterocycles. The molecule has 4 N–H and O–H groups in total. The third-order valence-corrected chi connectivity index (χ3v) is 5.69. The lowest BCUT2D eigenvalue weighted by Crippen LogP contribution is -2.22. The summed E-state index contributed by atoms with van der Waals surface area (Å²) < 4.78 is 25.1. The first-order valence-electron chi connectivity index (χ1n) is 6.64. The Morgan fingerprint density at radius 2 is 2.05 bits per heavy atom. The predicted molar refractivity (Wildman–Crippen MR) is 89.2 cm³/mol. The first-order valence-corrected chi connectivity index (χ1v) is 9.23. The predicted octanol–water partition coefficient (Wildman–Crippen LogP) is 1.05. The van der Waals surface area contributed by atoms with Crippen molar-refractivity contribution in [3.05, 3.63) is 18.2 Å². The molecule has 0 heterocycles. The van der Waals surface area contributed by atoms with Crippen LogP contribution in [-0.4, -0.2) is 56.6 Å². The largest absolute Gasteiger partial charge is 0.397 e. The SMILES string of the molecule is CN(C)S(=O)(=O)c1ccc(NCCSCCCO)c(N)c1. The van der Waals surface area contributed by atoms with Crippen LogP contribution < -0.4 is 11.1 Å². The zero-order valence-electron chi connectivity index (χ0n) is 12.4. The fourth-order valence-electron chi connectivity index (χ4n) is 1.60. The molecule has 0 saturated carbocycles. The van der Waals surface area contributed by atoms with Crippen molar-refractivity contribution in [2.45, 2.75) is 11.3 Å². The highest BCUT2D eigenvalue weighted by molar-refractivity contribution is 7.99. The van der Waals surface area contributed by atoms with E-state index in [1.54, 1.807) is 23.9 Å². The van der Waals surface area contributed by atoms with E-state index in [0.717, 1.165) is 34.5 Å². The molecule has 0 fully saturated rings. The minimum atomic E-state index is -3.45. The summed E-state index contributed by atoms with van der Waals surface area (Å²) in [7, 11) is -0.479. The van der Waals surface area contributed by atoms with E-state index in [0.29, 0.717) is 5.69 Å². The van der Waals surface area contributed by atoms with E-state index in [-0.39, 0.29) is 11.5 Å². The molecule has 0 aliphatic heterocycles. The summed E-state index contributed by atoms with van der Waals surface area (Å²) in [4.78, 5) is 0.188. The Bertz CT molecular complexity index is 548. The third-order valence-electron chi connectivity index (χ3n) is 2.81. The van der Waals surface area contributed by atoms with Gasteiger partial charge in [0.2, 0.25) is 10.0 Å². The van der Waals surface area contributed by atoms with Crippen LogP contribution in [0.3, 0.4) is 0 Å².